The van der Waals surface area contributed by atoms with Crippen molar-refractivity contribution in [2.75, 3.05) is 19.4 Å². The first-order valence-electron chi connectivity index (χ1n) is 12.4. The van der Waals surface area contributed by atoms with Crippen molar-refractivity contribution in [1.29, 1.82) is 0 Å². The zero-order valence-electron chi connectivity index (χ0n) is 21.6. The number of aromatic nitrogens is 1. The maximum Gasteiger partial charge on any atom is 0.387 e. The number of aliphatic hydroxyl groups is 1. The molecule has 4 rings (SSSR count). The molecule has 1 aliphatic heterocycles. The van der Waals surface area contributed by atoms with Crippen LogP contribution in [0.5, 0.6) is 11.5 Å². The number of rotatable bonds is 11. The van der Waals surface area contributed by atoms with E-state index in [1.54, 1.807) is 38.1 Å². The summed E-state index contributed by atoms with van der Waals surface area (Å²) < 4.78 is 62.4. The quantitative estimate of drug-likeness (QED) is 0.439. The van der Waals surface area contributed by atoms with Gasteiger partial charge in [-0.2, -0.15) is 13.1 Å². The Morgan fingerprint density at radius 1 is 1.24 bits per heavy atom. The van der Waals surface area contributed by atoms with Gasteiger partial charge in [-0.15, -0.1) is 0 Å². The first-order chi connectivity index (χ1) is 17.8. The van der Waals surface area contributed by atoms with Crippen molar-refractivity contribution in [1.82, 2.24) is 14.6 Å². The number of sulfonamides is 1. The molecule has 1 saturated heterocycles. The zero-order chi connectivity index (χ0) is 27.7. The van der Waals surface area contributed by atoms with Crippen molar-refractivity contribution < 1.29 is 36.6 Å². The van der Waals surface area contributed by atoms with Gasteiger partial charge in [0, 0.05) is 12.7 Å². The topological polar surface area (TPSA) is 118 Å². The van der Waals surface area contributed by atoms with Crippen LogP contribution < -0.4 is 14.8 Å². The van der Waals surface area contributed by atoms with Crippen molar-refractivity contribution >= 4 is 15.9 Å². The van der Waals surface area contributed by atoms with Crippen LogP contribution in [0.4, 0.5) is 8.78 Å². The Labute approximate surface area is 221 Å². The molecule has 1 aromatic heterocycles. The van der Waals surface area contributed by atoms with E-state index in [0.717, 1.165) is 23.4 Å². The van der Waals surface area contributed by atoms with Crippen LogP contribution in [-0.2, 0) is 27.0 Å². The summed E-state index contributed by atoms with van der Waals surface area (Å²) in [7, 11) is -3.73. The second-order valence-electron chi connectivity index (χ2n) is 10.4. The van der Waals surface area contributed by atoms with E-state index < -0.39 is 34.2 Å². The van der Waals surface area contributed by atoms with Crippen molar-refractivity contribution in [3.63, 3.8) is 0 Å². The summed E-state index contributed by atoms with van der Waals surface area (Å²) in [5.74, 6) is -0.363. The first-order valence-corrected chi connectivity index (χ1v) is 14.3. The third kappa shape index (κ3) is 7.17. The van der Waals surface area contributed by atoms with Crippen LogP contribution in [0, 0.1) is 5.92 Å². The molecule has 1 amide bonds. The van der Waals surface area contributed by atoms with E-state index in [-0.39, 0.29) is 36.9 Å². The standard InChI is InChI=1S/C26H33F2N3O6S/c1-26(2,33)19-8-9-29-20(12-19)13-30-24(32)21-10-18(14-31(21)38(3,34)35)17-6-7-22(37-25(27)28)23(11-17)36-15-16-4-5-16/h6-9,11-12,16,18,21,25,33H,4-5,10,13-15H2,1-3H3,(H,30,32)/t18?,21-/m1/s1. The number of carbonyl (C=O) groups excluding carboxylic acids is 1. The molecule has 2 N–H and O–H groups in total. The third-order valence-electron chi connectivity index (χ3n) is 6.78. The summed E-state index contributed by atoms with van der Waals surface area (Å²) >= 11 is 0. The van der Waals surface area contributed by atoms with Crippen LogP contribution in [0.15, 0.2) is 36.5 Å². The van der Waals surface area contributed by atoms with Crippen molar-refractivity contribution in [2.45, 2.75) is 63.8 Å². The van der Waals surface area contributed by atoms with Crippen molar-refractivity contribution in [3.8, 4) is 11.5 Å². The van der Waals surface area contributed by atoms with Gasteiger partial charge in [0.25, 0.3) is 0 Å². The molecule has 208 valence electrons. The second kappa shape index (κ2) is 11.1. The van der Waals surface area contributed by atoms with E-state index in [9.17, 15) is 27.1 Å². The highest BCUT2D eigenvalue weighted by molar-refractivity contribution is 7.88. The molecule has 0 spiro atoms. The van der Waals surface area contributed by atoms with E-state index in [0.29, 0.717) is 29.3 Å². The van der Waals surface area contributed by atoms with Gasteiger partial charge in [0.1, 0.15) is 6.04 Å². The van der Waals surface area contributed by atoms with E-state index in [1.165, 1.54) is 12.3 Å². The number of benzene rings is 1. The number of alkyl halides is 2. The average Bonchev–Trinajstić information content (AvgIpc) is 3.55. The maximum absolute atomic E-state index is 13.1. The number of ether oxygens (including phenoxy) is 2. The summed E-state index contributed by atoms with van der Waals surface area (Å²) in [5.41, 5.74) is 0.741. The molecule has 1 unspecified atom stereocenters. The predicted octanol–water partition coefficient (Wildman–Crippen LogP) is 3.13. The number of hydrogen-bond donors (Lipinski definition) is 2. The smallest absolute Gasteiger partial charge is 0.387 e. The lowest BCUT2D eigenvalue weighted by molar-refractivity contribution is -0.124. The van der Waals surface area contributed by atoms with E-state index in [4.69, 9.17) is 4.74 Å². The molecule has 0 radical (unpaired) electrons. The maximum atomic E-state index is 13.1. The lowest BCUT2D eigenvalue weighted by Crippen LogP contribution is -2.45. The van der Waals surface area contributed by atoms with Gasteiger partial charge in [-0.1, -0.05) is 6.07 Å². The Morgan fingerprint density at radius 2 is 1.97 bits per heavy atom. The Bertz CT molecular complexity index is 1260. The highest BCUT2D eigenvalue weighted by atomic mass is 32.2. The van der Waals surface area contributed by atoms with Crippen LogP contribution in [0.2, 0.25) is 0 Å². The number of amides is 1. The fourth-order valence-corrected chi connectivity index (χ4v) is 5.57. The molecular weight excluding hydrogens is 520 g/mol. The Balaban J connectivity index is 1.50. The van der Waals surface area contributed by atoms with E-state index in [1.807, 2.05) is 0 Å². The molecule has 2 fully saturated rings. The fraction of sp³-hybridized carbons (Fsp3) is 0.538. The second-order valence-corrected chi connectivity index (χ2v) is 12.4. The average molecular weight is 554 g/mol. The summed E-state index contributed by atoms with van der Waals surface area (Å²) in [6, 6.07) is 6.98. The normalized spacial score (nSPS) is 20.5. The molecule has 1 saturated carbocycles. The number of hydrogen-bond acceptors (Lipinski definition) is 7. The van der Waals surface area contributed by atoms with Crippen LogP contribution >= 0.6 is 0 Å². The van der Waals surface area contributed by atoms with E-state index >= 15 is 0 Å². The predicted molar refractivity (Wildman–Crippen MR) is 135 cm³/mol. The molecule has 2 aromatic rings. The molecule has 2 aliphatic rings. The molecule has 2 atom stereocenters. The van der Waals surface area contributed by atoms with Gasteiger partial charge in [-0.3, -0.25) is 9.78 Å². The molecule has 9 nitrogen and oxygen atoms in total. The monoisotopic (exact) mass is 553 g/mol. The van der Waals surface area contributed by atoms with Gasteiger partial charge in [-0.25, -0.2) is 8.42 Å². The minimum Gasteiger partial charge on any atom is -0.489 e. The molecule has 1 aromatic carbocycles. The molecular formula is C26H33F2N3O6S. The van der Waals surface area contributed by atoms with E-state index in [2.05, 4.69) is 15.0 Å². The SMILES string of the molecule is CC(C)(O)c1ccnc(CNC(=O)[C@H]2CC(c3ccc(OC(F)F)c(OCC4CC4)c3)CN2S(C)(=O)=O)c1. The number of nitrogens with zero attached hydrogens (tertiary/aromatic N) is 2. The lowest BCUT2D eigenvalue weighted by Gasteiger charge is -2.21. The molecule has 12 heteroatoms. The highest BCUT2D eigenvalue weighted by Crippen LogP contribution is 2.39. The van der Waals surface area contributed by atoms with Crippen molar-refractivity contribution in [3.05, 3.63) is 53.3 Å². The summed E-state index contributed by atoms with van der Waals surface area (Å²) in [6.07, 6.45) is 4.82. The fourth-order valence-electron chi connectivity index (χ4n) is 4.48. The lowest BCUT2D eigenvalue weighted by atomic mass is 9.95. The number of carbonyl (C=O) groups is 1. The number of pyridine rings is 1. The third-order valence-corrected chi connectivity index (χ3v) is 8.03. The Morgan fingerprint density at radius 3 is 2.61 bits per heavy atom. The largest absolute Gasteiger partial charge is 0.489 e. The summed E-state index contributed by atoms with van der Waals surface area (Å²) in [6.45, 7) is 0.768. The minimum absolute atomic E-state index is 0.0559. The Kier molecular flexibility index (Phi) is 8.24. The zero-order valence-corrected chi connectivity index (χ0v) is 22.4. The minimum atomic E-state index is -3.73. The number of halogens is 2. The van der Waals surface area contributed by atoms with Crippen LogP contribution in [-0.4, -0.2) is 60.8 Å². The molecule has 2 heterocycles. The molecule has 1 aliphatic carbocycles. The van der Waals surface area contributed by atoms with Gasteiger partial charge < -0.3 is 19.9 Å². The first kappa shape index (κ1) is 28.2. The number of nitrogens with one attached hydrogen (secondary N) is 1. The summed E-state index contributed by atoms with van der Waals surface area (Å²) in [5, 5.41) is 13.0. The molecule has 0 bridgehead atoms. The van der Waals surface area contributed by atoms with Gasteiger partial charge in [0.2, 0.25) is 15.9 Å². The van der Waals surface area contributed by atoms with Gasteiger partial charge in [-0.05, 0) is 80.3 Å². The van der Waals surface area contributed by atoms with Gasteiger partial charge in [0.05, 0.1) is 30.7 Å². The summed E-state index contributed by atoms with van der Waals surface area (Å²) in [4.78, 5) is 17.4. The van der Waals surface area contributed by atoms with Crippen LogP contribution in [0.25, 0.3) is 0 Å². The van der Waals surface area contributed by atoms with Crippen molar-refractivity contribution in [2.24, 2.45) is 5.92 Å². The van der Waals surface area contributed by atoms with Crippen LogP contribution in [0.3, 0.4) is 0 Å². The Hall–Kier alpha value is -2.83. The van der Waals surface area contributed by atoms with Gasteiger partial charge in [0.15, 0.2) is 11.5 Å². The van der Waals surface area contributed by atoms with Gasteiger partial charge >= 0.3 is 6.61 Å². The highest BCUT2D eigenvalue weighted by Gasteiger charge is 2.42. The van der Waals surface area contributed by atoms with Crippen LogP contribution in [0.1, 0.15) is 55.8 Å². The molecule has 38 heavy (non-hydrogen) atoms.